The van der Waals surface area contributed by atoms with Crippen LogP contribution in [0.4, 0.5) is 14.6 Å². The van der Waals surface area contributed by atoms with Crippen molar-refractivity contribution >= 4 is 11.7 Å². The Kier molecular flexibility index (Phi) is 4.49. The van der Waals surface area contributed by atoms with Crippen molar-refractivity contribution < 1.29 is 13.6 Å². The zero-order chi connectivity index (χ0) is 14.6. The third-order valence-corrected chi connectivity index (χ3v) is 3.48. The van der Waals surface area contributed by atoms with Crippen LogP contribution in [-0.2, 0) is 0 Å². The summed E-state index contributed by atoms with van der Waals surface area (Å²) in [6.07, 6.45) is 2.76. The van der Waals surface area contributed by atoms with Crippen LogP contribution in [0.5, 0.6) is 0 Å². The van der Waals surface area contributed by atoms with Crippen LogP contribution in [0.3, 0.4) is 0 Å². The topological polar surface area (TPSA) is 80.0 Å². The Hall–Kier alpha value is -1.76. The van der Waals surface area contributed by atoms with Crippen LogP contribution in [-0.4, -0.2) is 22.9 Å². The number of hydrogen-bond donors (Lipinski definition) is 3. The van der Waals surface area contributed by atoms with E-state index in [4.69, 9.17) is 5.84 Å². The molecule has 1 aromatic heterocycles. The third kappa shape index (κ3) is 3.63. The number of pyridine rings is 1. The highest BCUT2D eigenvalue weighted by Gasteiger charge is 2.32. The summed E-state index contributed by atoms with van der Waals surface area (Å²) in [5.74, 6) is 2.45. The second-order valence-corrected chi connectivity index (χ2v) is 5.00. The van der Waals surface area contributed by atoms with E-state index in [1.807, 2.05) is 5.43 Å². The first-order valence-corrected chi connectivity index (χ1v) is 6.62. The first-order chi connectivity index (χ1) is 9.52. The molecule has 1 aromatic rings. The molecule has 1 fully saturated rings. The predicted molar refractivity (Wildman–Crippen MR) is 71.3 cm³/mol. The van der Waals surface area contributed by atoms with E-state index >= 15 is 0 Å². The lowest BCUT2D eigenvalue weighted by atomic mass is 10.1. The highest BCUT2D eigenvalue weighted by atomic mass is 19.3. The number of carbonyl (C=O) groups excluding carboxylic acids is 1. The zero-order valence-electron chi connectivity index (χ0n) is 11.0. The predicted octanol–water partition coefficient (Wildman–Crippen LogP) is 2.06. The van der Waals surface area contributed by atoms with Crippen molar-refractivity contribution in [1.82, 2.24) is 10.4 Å². The lowest BCUT2D eigenvalue weighted by Crippen LogP contribution is -2.31. The molecule has 0 aromatic carbocycles. The molecule has 7 heteroatoms. The number of aromatic nitrogens is 1. The second kappa shape index (κ2) is 6.13. The van der Waals surface area contributed by atoms with Crippen molar-refractivity contribution in [2.75, 3.05) is 5.32 Å². The van der Waals surface area contributed by atoms with Crippen molar-refractivity contribution in [3.63, 3.8) is 0 Å². The minimum atomic E-state index is -2.59. The van der Waals surface area contributed by atoms with Crippen LogP contribution < -0.4 is 16.6 Å². The number of amides is 1. The van der Waals surface area contributed by atoms with Gasteiger partial charge in [-0.05, 0) is 31.4 Å². The van der Waals surface area contributed by atoms with Gasteiger partial charge in [-0.15, -0.1) is 0 Å². The highest BCUT2D eigenvalue weighted by molar-refractivity contribution is 5.98. The van der Waals surface area contributed by atoms with Crippen LogP contribution in [0, 0.1) is 0 Å². The molecule has 1 unspecified atom stereocenters. The number of halogens is 2. The van der Waals surface area contributed by atoms with Gasteiger partial charge in [-0.3, -0.25) is 10.2 Å². The quantitative estimate of drug-likeness (QED) is 0.343. The van der Waals surface area contributed by atoms with E-state index in [-0.39, 0.29) is 18.9 Å². The van der Waals surface area contributed by atoms with Crippen LogP contribution in [0.1, 0.15) is 42.5 Å². The van der Waals surface area contributed by atoms with Gasteiger partial charge in [-0.2, -0.15) is 0 Å². The van der Waals surface area contributed by atoms with E-state index in [1.165, 1.54) is 0 Å². The maximum absolute atomic E-state index is 13.3. The van der Waals surface area contributed by atoms with Gasteiger partial charge in [-0.25, -0.2) is 19.6 Å². The molecule has 4 N–H and O–H groups in total. The van der Waals surface area contributed by atoms with Crippen molar-refractivity contribution in [3.8, 4) is 0 Å². The number of rotatable bonds is 3. The van der Waals surface area contributed by atoms with E-state index in [0.717, 1.165) is 0 Å². The Morgan fingerprint density at radius 3 is 2.95 bits per heavy atom. The molecule has 1 heterocycles. The van der Waals surface area contributed by atoms with E-state index in [1.54, 1.807) is 18.3 Å². The zero-order valence-corrected chi connectivity index (χ0v) is 11.0. The monoisotopic (exact) mass is 284 g/mol. The summed E-state index contributed by atoms with van der Waals surface area (Å²) < 4.78 is 26.6. The number of hydrazine groups is 1. The van der Waals surface area contributed by atoms with Gasteiger partial charge in [0.1, 0.15) is 5.82 Å². The molecule has 1 aliphatic rings. The van der Waals surface area contributed by atoms with Crippen molar-refractivity contribution in [1.29, 1.82) is 0 Å². The number of hydrogen-bond acceptors (Lipinski definition) is 4. The molecule has 0 spiro atoms. The minimum Gasteiger partial charge on any atom is -0.367 e. The summed E-state index contributed by atoms with van der Waals surface area (Å²) in [6, 6.07) is 3.10. The molecule has 2 rings (SSSR count). The fraction of sp³-hybridized carbons (Fsp3) is 0.538. The Bertz CT molecular complexity index is 481. The SMILES string of the molecule is NNC(=O)c1cccnc1NC1CCCC(F)(F)CC1. The summed E-state index contributed by atoms with van der Waals surface area (Å²) in [5, 5.41) is 3.08. The number of alkyl halides is 2. The fourth-order valence-electron chi connectivity index (χ4n) is 2.38. The molecule has 20 heavy (non-hydrogen) atoms. The number of nitrogens with two attached hydrogens (primary N) is 1. The normalized spacial score (nSPS) is 21.9. The Balaban J connectivity index is 2.08. The van der Waals surface area contributed by atoms with Gasteiger partial charge in [0, 0.05) is 25.1 Å². The lowest BCUT2D eigenvalue weighted by molar-refractivity contribution is -0.0140. The summed E-state index contributed by atoms with van der Waals surface area (Å²) in [4.78, 5) is 15.7. The molecule has 1 aliphatic carbocycles. The first-order valence-electron chi connectivity index (χ1n) is 6.62. The number of carbonyl (C=O) groups is 1. The summed E-state index contributed by atoms with van der Waals surface area (Å²) in [7, 11) is 0. The Morgan fingerprint density at radius 1 is 1.40 bits per heavy atom. The Morgan fingerprint density at radius 2 is 2.20 bits per heavy atom. The van der Waals surface area contributed by atoms with Crippen molar-refractivity contribution in [2.45, 2.75) is 44.1 Å². The fourth-order valence-corrected chi connectivity index (χ4v) is 2.38. The number of nitrogen functional groups attached to an aromatic ring is 1. The smallest absolute Gasteiger partial charge is 0.268 e. The van der Waals surface area contributed by atoms with Gasteiger partial charge >= 0.3 is 0 Å². The summed E-state index contributed by atoms with van der Waals surface area (Å²) in [6.45, 7) is 0. The molecule has 1 saturated carbocycles. The average Bonchev–Trinajstić information content (AvgIpc) is 2.60. The van der Waals surface area contributed by atoms with Crippen LogP contribution in [0.2, 0.25) is 0 Å². The standard InChI is InChI=1S/C13H18F2N4O/c14-13(15)6-1-3-9(5-7-13)18-11-10(12(20)19-16)4-2-8-17-11/h2,4,8-9H,1,3,5-7,16H2,(H,17,18)(H,19,20). The van der Waals surface area contributed by atoms with Crippen LogP contribution in [0.15, 0.2) is 18.3 Å². The maximum atomic E-state index is 13.3. The first kappa shape index (κ1) is 14.6. The largest absolute Gasteiger partial charge is 0.367 e. The van der Waals surface area contributed by atoms with Crippen LogP contribution >= 0.6 is 0 Å². The van der Waals surface area contributed by atoms with E-state index in [9.17, 15) is 13.6 Å². The third-order valence-electron chi connectivity index (χ3n) is 3.48. The van der Waals surface area contributed by atoms with Gasteiger partial charge in [0.25, 0.3) is 5.91 Å². The average molecular weight is 284 g/mol. The number of nitrogens with zero attached hydrogens (tertiary/aromatic N) is 1. The molecule has 5 nitrogen and oxygen atoms in total. The van der Waals surface area contributed by atoms with Gasteiger partial charge in [-0.1, -0.05) is 0 Å². The van der Waals surface area contributed by atoms with Gasteiger partial charge in [0.2, 0.25) is 5.92 Å². The molecule has 0 radical (unpaired) electrons. The van der Waals surface area contributed by atoms with Gasteiger partial charge in [0.15, 0.2) is 0 Å². The van der Waals surface area contributed by atoms with Crippen molar-refractivity contribution in [2.24, 2.45) is 5.84 Å². The van der Waals surface area contributed by atoms with Gasteiger partial charge < -0.3 is 5.32 Å². The Labute approximate surface area is 115 Å². The maximum Gasteiger partial charge on any atom is 0.268 e. The van der Waals surface area contributed by atoms with Gasteiger partial charge in [0.05, 0.1) is 5.56 Å². The minimum absolute atomic E-state index is 0.0798. The molecule has 0 saturated heterocycles. The molecule has 1 atom stereocenters. The molecular formula is C13H18F2N4O. The molecule has 0 bridgehead atoms. The van der Waals surface area contributed by atoms with E-state index in [2.05, 4.69) is 10.3 Å². The summed E-state index contributed by atoms with van der Waals surface area (Å²) >= 11 is 0. The molecule has 1 amide bonds. The van der Waals surface area contributed by atoms with E-state index in [0.29, 0.717) is 30.6 Å². The van der Waals surface area contributed by atoms with Crippen LogP contribution in [0.25, 0.3) is 0 Å². The molecule has 110 valence electrons. The number of nitrogens with one attached hydrogen (secondary N) is 2. The van der Waals surface area contributed by atoms with E-state index < -0.39 is 11.8 Å². The van der Waals surface area contributed by atoms with Crippen molar-refractivity contribution in [3.05, 3.63) is 23.9 Å². The molecular weight excluding hydrogens is 266 g/mol. The number of anilines is 1. The lowest BCUT2D eigenvalue weighted by Gasteiger charge is -2.18. The second-order valence-electron chi connectivity index (χ2n) is 5.00. The highest BCUT2D eigenvalue weighted by Crippen LogP contribution is 2.32. The molecule has 0 aliphatic heterocycles. The summed E-state index contributed by atoms with van der Waals surface area (Å²) in [5.41, 5.74) is 2.36.